The zero-order valence-electron chi connectivity index (χ0n) is 15.3. The molecule has 1 saturated carbocycles. The third-order valence-electron chi connectivity index (χ3n) is 6.53. The molecular formula is C22H32N2. The maximum atomic E-state index is 3.76. The molecule has 0 amide bonds. The number of rotatable bonds is 4. The Morgan fingerprint density at radius 1 is 1.04 bits per heavy atom. The fourth-order valence-electron chi connectivity index (χ4n) is 5.12. The van der Waals surface area contributed by atoms with Crippen LogP contribution < -0.4 is 5.32 Å². The van der Waals surface area contributed by atoms with Gasteiger partial charge in [0.2, 0.25) is 0 Å². The number of anilines is 1. The van der Waals surface area contributed by atoms with Crippen LogP contribution in [0.2, 0.25) is 0 Å². The first-order valence-corrected chi connectivity index (χ1v) is 9.99. The summed E-state index contributed by atoms with van der Waals surface area (Å²) in [5.41, 5.74) is 4.20. The second-order valence-corrected chi connectivity index (χ2v) is 8.47. The van der Waals surface area contributed by atoms with Crippen LogP contribution in [0, 0.1) is 23.7 Å². The van der Waals surface area contributed by atoms with E-state index in [4.69, 9.17) is 0 Å². The van der Waals surface area contributed by atoms with E-state index in [1.54, 1.807) is 0 Å². The van der Waals surface area contributed by atoms with Crippen molar-refractivity contribution in [2.24, 2.45) is 23.7 Å². The first-order chi connectivity index (χ1) is 11.7. The summed E-state index contributed by atoms with van der Waals surface area (Å²) in [7, 11) is 0. The van der Waals surface area contributed by atoms with Gasteiger partial charge in [-0.3, -0.25) is 4.90 Å². The molecule has 1 aromatic carbocycles. The van der Waals surface area contributed by atoms with Crippen molar-refractivity contribution in [3.63, 3.8) is 0 Å². The van der Waals surface area contributed by atoms with Crippen molar-refractivity contribution in [3.8, 4) is 0 Å². The van der Waals surface area contributed by atoms with E-state index < -0.39 is 0 Å². The van der Waals surface area contributed by atoms with Crippen LogP contribution in [0.5, 0.6) is 0 Å². The Hall–Kier alpha value is -1.28. The quantitative estimate of drug-likeness (QED) is 0.810. The number of nitrogens with one attached hydrogen (secondary N) is 1. The lowest BCUT2D eigenvalue weighted by Gasteiger charge is -2.34. The topological polar surface area (TPSA) is 15.3 Å². The van der Waals surface area contributed by atoms with Crippen molar-refractivity contribution in [1.29, 1.82) is 0 Å². The lowest BCUT2D eigenvalue weighted by atomic mass is 9.73. The molecule has 1 N–H and O–H groups in total. The van der Waals surface area contributed by atoms with E-state index in [2.05, 4.69) is 54.4 Å². The van der Waals surface area contributed by atoms with E-state index in [9.17, 15) is 0 Å². The molecule has 1 heterocycles. The van der Waals surface area contributed by atoms with Crippen molar-refractivity contribution < 1.29 is 0 Å². The van der Waals surface area contributed by atoms with Crippen LogP contribution in [-0.4, -0.2) is 18.0 Å². The van der Waals surface area contributed by atoms with Crippen LogP contribution in [0.3, 0.4) is 0 Å². The molecule has 1 aliphatic heterocycles. The van der Waals surface area contributed by atoms with Gasteiger partial charge in [-0.25, -0.2) is 0 Å². The minimum absolute atomic E-state index is 0.736. The first kappa shape index (κ1) is 16.2. The smallest absolute Gasteiger partial charge is 0.0382 e. The van der Waals surface area contributed by atoms with E-state index in [1.165, 1.54) is 62.1 Å². The van der Waals surface area contributed by atoms with E-state index in [0.29, 0.717) is 0 Å². The summed E-state index contributed by atoms with van der Waals surface area (Å²) >= 11 is 0. The summed E-state index contributed by atoms with van der Waals surface area (Å²) in [5, 5.41) is 3.76. The van der Waals surface area contributed by atoms with E-state index in [-0.39, 0.29) is 0 Å². The van der Waals surface area contributed by atoms with Crippen LogP contribution in [0.4, 0.5) is 5.69 Å². The lowest BCUT2D eigenvalue weighted by molar-refractivity contribution is 0.203. The average molecular weight is 325 g/mol. The summed E-state index contributed by atoms with van der Waals surface area (Å²) in [6.07, 6.45) is 9.42. The van der Waals surface area contributed by atoms with Gasteiger partial charge in [-0.15, -0.1) is 0 Å². The summed E-state index contributed by atoms with van der Waals surface area (Å²) in [6.45, 7) is 8.48. The number of nitrogens with zero attached hydrogens (tertiary/aromatic N) is 1. The molecule has 2 fully saturated rings. The Kier molecular flexibility index (Phi) is 4.67. The third-order valence-corrected chi connectivity index (χ3v) is 6.53. The van der Waals surface area contributed by atoms with Crippen LogP contribution in [0.1, 0.15) is 51.5 Å². The second-order valence-electron chi connectivity index (χ2n) is 8.47. The first-order valence-electron chi connectivity index (χ1n) is 9.99. The summed E-state index contributed by atoms with van der Waals surface area (Å²) in [4.78, 5) is 2.57. The van der Waals surface area contributed by atoms with Gasteiger partial charge in [-0.1, -0.05) is 38.5 Å². The maximum Gasteiger partial charge on any atom is 0.0382 e. The SMILES string of the molecule is CC1C=C(Nc2ccc(CN3CCCC3)cc2)[C@@H]2C[C@H](C)CC[C@@H]12. The molecule has 24 heavy (non-hydrogen) atoms. The molecule has 0 spiro atoms. The average Bonchev–Trinajstić information content (AvgIpc) is 3.18. The second kappa shape index (κ2) is 6.92. The molecule has 0 radical (unpaired) electrons. The fourth-order valence-corrected chi connectivity index (χ4v) is 5.12. The molecule has 1 aromatic rings. The number of fused-ring (bicyclic) bond motifs is 1. The van der Waals surface area contributed by atoms with E-state index in [1.807, 2.05) is 0 Å². The molecule has 3 aliphatic rings. The van der Waals surface area contributed by atoms with Crippen molar-refractivity contribution >= 4 is 5.69 Å². The normalized spacial score (nSPS) is 33.3. The Morgan fingerprint density at radius 3 is 2.54 bits per heavy atom. The largest absolute Gasteiger partial charge is 0.359 e. The van der Waals surface area contributed by atoms with Crippen molar-refractivity contribution in [2.45, 2.75) is 52.5 Å². The van der Waals surface area contributed by atoms with Gasteiger partial charge in [0.25, 0.3) is 0 Å². The molecule has 0 aromatic heterocycles. The summed E-state index contributed by atoms with van der Waals surface area (Å²) in [6, 6.07) is 9.16. The Bertz CT molecular complexity index is 582. The highest BCUT2D eigenvalue weighted by Gasteiger charge is 2.38. The highest BCUT2D eigenvalue weighted by molar-refractivity contribution is 5.50. The number of hydrogen-bond acceptors (Lipinski definition) is 2. The highest BCUT2D eigenvalue weighted by Crippen LogP contribution is 2.47. The van der Waals surface area contributed by atoms with Gasteiger partial charge in [0.05, 0.1) is 0 Å². The van der Waals surface area contributed by atoms with Crippen LogP contribution in [0.15, 0.2) is 36.0 Å². The van der Waals surface area contributed by atoms with Crippen LogP contribution >= 0.6 is 0 Å². The Morgan fingerprint density at radius 2 is 1.79 bits per heavy atom. The molecule has 130 valence electrons. The standard InChI is InChI=1S/C22H32N2/c1-16-5-10-20-17(2)14-22(21(20)13-16)23-19-8-6-18(7-9-19)15-24-11-3-4-12-24/h6-9,14,16-17,20-21,23H,3-5,10-13,15H2,1-2H3/t16-,17?,20+,21-/m1/s1. The predicted molar refractivity (Wildman–Crippen MR) is 102 cm³/mol. The number of hydrogen-bond donors (Lipinski definition) is 1. The zero-order chi connectivity index (χ0) is 16.5. The minimum atomic E-state index is 0.736. The Balaban J connectivity index is 1.40. The van der Waals surface area contributed by atoms with Gasteiger partial charge < -0.3 is 5.32 Å². The summed E-state index contributed by atoms with van der Waals surface area (Å²) in [5.74, 6) is 3.25. The number of likely N-dealkylation sites (tertiary alicyclic amines) is 1. The molecule has 2 aliphatic carbocycles. The highest BCUT2D eigenvalue weighted by atomic mass is 15.1. The van der Waals surface area contributed by atoms with Gasteiger partial charge in [0.15, 0.2) is 0 Å². The van der Waals surface area contributed by atoms with E-state index in [0.717, 1.165) is 30.2 Å². The molecule has 1 saturated heterocycles. The van der Waals surface area contributed by atoms with Gasteiger partial charge in [0.1, 0.15) is 0 Å². The molecule has 1 unspecified atom stereocenters. The number of benzene rings is 1. The number of allylic oxidation sites excluding steroid dienone is 2. The minimum Gasteiger partial charge on any atom is -0.359 e. The van der Waals surface area contributed by atoms with Crippen molar-refractivity contribution in [3.05, 3.63) is 41.6 Å². The molecule has 2 heteroatoms. The van der Waals surface area contributed by atoms with Crippen molar-refractivity contribution in [2.75, 3.05) is 18.4 Å². The Labute approximate surface area is 147 Å². The molecule has 2 nitrogen and oxygen atoms in total. The maximum absolute atomic E-state index is 3.76. The van der Waals surface area contributed by atoms with Gasteiger partial charge in [-0.05, 0) is 74.2 Å². The zero-order valence-corrected chi connectivity index (χ0v) is 15.3. The molecule has 4 atom stereocenters. The molecular weight excluding hydrogens is 292 g/mol. The van der Waals surface area contributed by atoms with Gasteiger partial charge in [0, 0.05) is 23.8 Å². The predicted octanol–water partition coefficient (Wildman–Crippen LogP) is 5.28. The van der Waals surface area contributed by atoms with Crippen molar-refractivity contribution in [1.82, 2.24) is 4.90 Å². The fraction of sp³-hybridized carbons (Fsp3) is 0.636. The van der Waals surface area contributed by atoms with E-state index >= 15 is 0 Å². The molecule has 0 bridgehead atoms. The van der Waals surface area contributed by atoms with Gasteiger partial charge in [-0.2, -0.15) is 0 Å². The van der Waals surface area contributed by atoms with Gasteiger partial charge >= 0.3 is 0 Å². The third kappa shape index (κ3) is 3.39. The monoisotopic (exact) mass is 324 g/mol. The summed E-state index contributed by atoms with van der Waals surface area (Å²) < 4.78 is 0. The molecule has 4 rings (SSSR count). The lowest BCUT2D eigenvalue weighted by Crippen LogP contribution is -2.26. The van der Waals surface area contributed by atoms with Crippen LogP contribution in [-0.2, 0) is 6.54 Å². The van der Waals surface area contributed by atoms with Crippen LogP contribution in [0.25, 0.3) is 0 Å².